The van der Waals surface area contributed by atoms with E-state index in [-0.39, 0.29) is 34.7 Å². The van der Waals surface area contributed by atoms with E-state index in [1.54, 1.807) is 11.4 Å². The van der Waals surface area contributed by atoms with Crippen LogP contribution in [0.3, 0.4) is 0 Å². The van der Waals surface area contributed by atoms with Gasteiger partial charge >= 0.3 is 5.69 Å². The molecule has 1 aromatic carbocycles. The highest BCUT2D eigenvalue weighted by Crippen LogP contribution is 2.21. The Bertz CT molecular complexity index is 1470. The maximum Gasteiger partial charge on any atom is 0.352 e. The number of amides is 1. The van der Waals surface area contributed by atoms with Crippen molar-refractivity contribution < 1.29 is 13.9 Å². The first kappa shape index (κ1) is 20.9. The van der Waals surface area contributed by atoms with E-state index in [9.17, 15) is 18.8 Å². The molecule has 0 bridgehead atoms. The number of benzene rings is 1. The van der Waals surface area contributed by atoms with Crippen molar-refractivity contribution in [2.45, 2.75) is 32.0 Å². The molecule has 5 rings (SSSR count). The predicted molar refractivity (Wildman–Crippen MR) is 118 cm³/mol. The van der Waals surface area contributed by atoms with E-state index in [0.29, 0.717) is 16.8 Å². The van der Waals surface area contributed by atoms with Crippen molar-refractivity contribution in [3.63, 3.8) is 0 Å². The normalized spacial score (nSPS) is 16.2. The summed E-state index contributed by atoms with van der Waals surface area (Å²) in [6, 6.07) is 5.44. The van der Waals surface area contributed by atoms with Crippen molar-refractivity contribution in [1.29, 1.82) is 0 Å². The molecule has 0 radical (unpaired) electrons. The van der Waals surface area contributed by atoms with Gasteiger partial charge in [0.25, 0.3) is 5.56 Å². The van der Waals surface area contributed by atoms with Crippen LogP contribution in [0.4, 0.5) is 10.1 Å². The Hall–Kier alpha value is -3.02. The molecule has 1 saturated heterocycles. The molecule has 1 amide bonds. The number of carbonyl (C=O) groups excluding carboxylic acids is 1. The van der Waals surface area contributed by atoms with Gasteiger partial charge in [-0.05, 0) is 42.5 Å². The third-order valence-corrected chi connectivity index (χ3v) is 6.48. The van der Waals surface area contributed by atoms with Gasteiger partial charge in [-0.2, -0.15) is 0 Å². The van der Waals surface area contributed by atoms with Crippen LogP contribution in [0.5, 0.6) is 0 Å². The molecule has 1 aliphatic rings. The largest absolute Gasteiger partial charge is 0.376 e. The number of hydrogen-bond acceptors (Lipinski definition) is 6. The molecule has 0 spiro atoms. The Labute approximate surface area is 188 Å². The minimum Gasteiger partial charge on any atom is -0.376 e. The Morgan fingerprint density at radius 2 is 2.19 bits per heavy atom. The van der Waals surface area contributed by atoms with Gasteiger partial charge in [-0.25, -0.2) is 18.3 Å². The van der Waals surface area contributed by atoms with Crippen LogP contribution in [0.2, 0.25) is 5.02 Å². The summed E-state index contributed by atoms with van der Waals surface area (Å²) in [7, 11) is 0. The Kier molecular flexibility index (Phi) is 5.31. The fourth-order valence-electron chi connectivity index (χ4n) is 3.80. The molecule has 0 aliphatic carbocycles. The van der Waals surface area contributed by atoms with Crippen LogP contribution in [0.1, 0.15) is 12.8 Å². The molecule has 12 heteroatoms. The summed E-state index contributed by atoms with van der Waals surface area (Å²) in [6.45, 7) is 0.508. The van der Waals surface area contributed by atoms with Crippen molar-refractivity contribution in [1.82, 2.24) is 18.7 Å². The fourth-order valence-corrected chi connectivity index (χ4v) is 4.81. The Morgan fingerprint density at radius 3 is 2.94 bits per heavy atom. The van der Waals surface area contributed by atoms with Gasteiger partial charge in [0, 0.05) is 12.3 Å². The molecule has 0 saturated carbocycles. The summed E-state index contributed by atoms with van der Waals surface area (Å²) in [5, 5.41) is 8.45. The van der Waals surface area contributed by atoms with Crippen molar-refractivity contribution in [2.75, 3.05) is 11.9 Å². The van der Waals surface area contributed by atoms with Gasteiger partial charge in [-0.1, -0.05) is 11.6 Å². The van der Waals surface area contributed by atoms with Crippen molar-refractivity contribution in [3.05, 3.63) is 61.3 Å². The lowest BCUT2D eigenvalue weighted by Crippen LogP contribution is -2.30. The lowest BCUT2D eigenvalue weighted by Gasteiger charge is -2.12. The highest BCUT2D eigenvalue weighted by molar-refractivity contribution is 7.17. The number of fused-ring (bicyclic) bond motifs is 3. The summed E-state index contributed by atoms with van der Waals surface area (Å²) < 4.78 is 23.2. The summed E-state index contributed by atoms with van der Waals surface area (Å²) in [5.41, 5.74) is -0.0633. The van der Waals surface area contributed by atoms with Crippen molar-refractivity contribution in [3.8, 4) is 0 Å². The summed E-state index contributed by atoms with van der Waals surface area (Å²) in [5.74, 6) is -1.00. The maximum atomic E-state index is 13.3. The molecule has 4 heterocycles. The minimum atomic E-state index is -0.606. The van der Waals surface area contributed by atoms with Gasteiger partial charge in [0.1, 0.15) is 17.1 Å². The van der Waals surface area contributed by atoms with E-state index in [4.69, 9.17) is 16.3 Å². The molecule has 1 aliphatic heterocycles. The molecule has 9 nitrogen and oxygen atoms in total. The average molecular weight is 478 g/mol. The summed E-state index contributed by atoms with van der Waals surface area (Å²) in [6.07, 6.45) is 1.58. The van der Waals surface area contributed by atoms with Crippen LogP contribution < -0.4 is 16.6 Å². The maximum absolute atomic E-state index is 13.3. The number of thiophene rings is 1. The second-order valence-electron chi connectivity index (χ2n) is 7.44. The summed E-state index contributed by atoms with van der Waals surface area (Å²) in [4.78, 5) is 38.7. The van der Waals surface area contributed by atoms with E-state index < -0.39 is 24.0 Å². The predicted octanol–water partition coefficient (Wildman–Crippen LogP) is 2.48. The number of halogens is 2. The zero-order chi connectivity index (χ0) is 22.4. The molecule has 0 unspecified atom stereocenters. The number of rotatable bonds is 5. The molecule has 166 valence electrons. The lowest BCUT2D eigenvalue weighted by atomic mass is 10.2. The number of carbonyl (C=O) groups is 1. The van der Waals surface area contributed by atoms with Gasteiger partial charge in [0.15, 0.2) is 0 Å². The number of anilines is 1. The van der Waals surface area contributed by atoms with Crippen LogP contribution in [0, 0.1) is 5.82 Å². The van der Waals surface area contributed by atoms with E-state index >= 15 is 0 Å². The van der Waals surface area contributed by atoms with Crippen LogP contribution in [-0.2, 0) is 22.6 Å². The van der Waals surface area contributed by atoms with Gasteiger partial charge in [0.2, 0.25) is 11.7 Å². The van der Waals surface area contributed by atoms with E-state index in [0.717, 1.165) is 23.6 Å². The van der Waals surface area contributed by atoms with Gasteiger partial charge in [-0.3, -0.25) is 14.2 Å². The van der Waals surface area contributed by atoms with Gasteiger partial charge < -0.3 is 10.1 Å². The third kappa shape index (κ3) is 3.61. The topological polar surface area (TPSA) is 99.6 Å². The first-order chi connectivity index (χ1) is 15.4. The Morgan fingerprint density at radius 1 is 1.34 bits per heavy atom. The van der Waals surface area contributed by atoms with Crippen LogP contribution in [-0.4, -0.2) is 37.4 Å². The SMILES string of the molecule is O=C(Cn1nc2n(C[C@H]3CCCO3)c(=O)c3sccc3n2c1=O)Nc1ccc(F)c(Cl)c1. The highest BCUT2D eigenvalue weighted by Gasteiger charge is 2.23. The first-order valence-electron chi connectivity index (χ1n) is 9.88. The molecular formula is C20H17ClFN5O4S. The standard InChI is InChI=1S/C20H17ClFN5O4S/c21-13-8-11(3-4-14(13)22)23-16(28)10-26-20(30)27-15-5-7-32-17(15)18(29)25(19(27)24-26)9-12-2-1-6-31-12/h3-5,7-8,12H,1-2,6,9-10H2,(H,23,28)/t12-/m1/s1. The minimum absolute atomic E-state index is 0.134. The van der Waals surface area contributed by atoms with Crippen molar-refractivity contribution in [2.24, 2.45) is 0 Å². The van der Waals surface area contributed by atoms with Gasteiger partial charge in [-0.15, -0.1) is 16.4 Å². The molecular weight excluding hydrogens is 461 g/mol. The fraction of sp³-hybridized carbons (Fsp3) is 0.300. The van der Waals surface area contributed by atoms with Crippen LogP contribution in [0.25, 0.3) is 16.0 Å². The monoisotopic (exact) mass is 477 g/mol. The number of nitrogens with one attached hydrogen (secondary N) is 1. The highest BCUT2D eigenvalue weighted by atomic mass is 35.5. The van der Waals surface area contributed by atoms with Crippen molar-refractivity contribution >= 4 is 50.5 Å². The average Bonchev–Trinajstić information content (AvgIpc) is 3.49. The second-order valence-corrected chi connectivity index (χ2v) is 8.76. The first-order valence-corrected chi connectivity index (χ1v) is 11.1. The number of aromatic nitrogens is 4. The number of nitrogens with zero attached hydrogens (tertiary/aromatic N) is 4. The molecule has 32 heavy (non-hydrogen) atoms. The van der Waals surface area contributed by atoms with Crippen LogP contribution >= 0.6 is 22.9 Å². The van der Waals surface area contributed by atoms with E-state index in [2.05, 4.69) is 10.4 Å². The molecule has 1 atom stereocenters. The lowest BCUT2D eigenvalue weighted by molar-refractivity contribution is -0.117. The molecule has 1 fully saturated rings. The van der Waals surface area contributed by atoms with E-state index in [1.807, 2.05) is 0 Å². The Balaban J connectivity index is 1.53. The number of ether oxygens (including phenoxy) is 1. The zero-order valence-electron chi connectivity index (χ0n) is 16.6. The quantitative estimate of drug-likeness (QED) is 0.476. The summed E-state index contributed by atoms with van der Waals surface area (Å²) >= 11 is 6.99. The number of hydrogen-bond donors (Lipinski definition) is 1. The smallest absolute Gasteiger partial charge is 0.352 e. The molecule has 1 N–H and O–H groups in total. The molecule has 3 aromatic heterocycles. The zero-order valence-corrected chi connectivity index (χ0v) is 18.2. The third-order valence-electron chi connectivity index (χ3n) is 5.30. The van der Waals surface area contributed by atoms with Gasteiger partial charge in [0.05, 0.1) is 23.2 Å². The second kappa shape index (κ2) is 8.15. The van der Waals surface area contributed by atoms with E-state index in [1.165, 1.54) is 32.4 Å². The molecule has 4 aromatic rings. The van der Waals surface area contributed by atoms with Crippen LogP contribution in [0.15, 0.2) is 39.2 Å².